The molecule has 2 amide bonds. The van der Waals surface area contributed by atoms with E-state index in [9.17, 15) is 9.59 Å². The van der Waals surface area contributed by atoms with Crippen LogP contribution in [0.3, 0.4) is 0 Å². The summed E-state index contributed by atoms with van der Waals surface area (Å²) < 4.78 is 0. The number of hydrogen-bond donors (Lipinski definition) is 1. The van der Waals surface area contributed by atoms with Crippen LogP contribution in [0.15, 0.2) is 41.8 Å². The third kappa shape index (κ3) is 3.91. The molecule has 0 unspecified atom stereocenters. The summed E-state index contributed by atoms with van der Waals surface area (Å²) in [5.74, 6) is -0.626. The number of aromatic nitrogens is 1. The maximum absolute atomic E-state index is 13.3. The summed E-state index contributed by atoms with van der Waals surface area (Å²) >= 11 is 3.12. The van der Waals surface area contributed by atoms with Crippen molar-refractivity contribution in [2.75, 3.05) is 23.8 Å². The van der Waals surface area contributed by atoms with E-state index in [0.717, 1.165) is 41.3 Å². The molecule has 0 aliphatic carbocycles. The summed E-state index contributed by atoms with van der Waals surface area (Å²) in [5, 5.41) is 5.65. The molecule has 2 aliphatic rings. The second-order valence-corrected chi connectivity index (χ2v) is 10.3. The second kappa shape index (κ2) is 8.18. The summed E-state index contributed by atoms with van der Waals surface area (Å²) in [5.41, 5.74) is 3.05. The Morgan fingerprint density at radius 3 is 2.77 bits per heavy atom. The molecule has 0 radical (unpaired) electrons. The molecule has 4 heterocycles. The number of nitrogens with zero attached hydrogens (tertiary/aromatic N) is 3. The highest BCUT2D eigenvalue weighted by Gasteiger charge is 2.46. The molecule has 0 bridgehead atoms. The van der Waals surface area contributed by atoms with Crippen LogP contribution in [0.5, 0.6) is 0 Å². The third-order valence-electron chi connectivity index (χ3n) is 5.96. The average molecular weight is 453 g/mol. The lowest BCUT2D eigenvalue weighted by Crippen LogP contribution is -2.32. The fourth-order valence-electron chi connectivity index (χ4n) is 4.34. The molecule has 6 nitrogen and oxygen atoms in total. The predicted octanol–water partition coefficient (Wildman–Crippen LogP) is 4.23. The predicted molar refractivity (Wildman–Crippen MR) is 125 cm³/mol. The first-order valence-electron chi connectivity index (χ1n) is 10.4. The van der Waals surface area contributed by atoms with Gasteiger partial charge in [-0.05, 0) is 37.6 Å². The minimum atomic E-state index is -0.462. The SMILES string of the molecule is Cc1ccc(N2C(=O)C[C@@H](C(=O)Nc3nc4c(s3)CN(C)CC4)[C@@H]2c2cccs2)cc1. The Kier molecular flexibility index (Phi) is 5.37. The molecule has 2 aliphatic heterocycles. The van der Waals surface area contributed by atoms with Gasteiger partial charge in [-0.1, -0.05) is 23.8 Å². The number of likely N-dealkylation sites (N-methyl/N-ethyl adjacent to an activating group) is 1. The van der Waals surface area contributed by atoms with Gasteiger partial charge in [0.2, 0.25) is 11.8 Å². The fourth-order valence-corrected chi connectivity index (χ4v) is 6.31. The van der Waals surface area contributed by atoms with Gasteiger partial charge in [-0.2, -0.15) is 0 Å². The Morgan fingerprint density at radius 2 is 2.03 bits per heavy atom. The number of anilines is 2. The first-order valence-corrected chi connectivity index (χ1v) is 12.1. The number of rotatable bonds is 4. The van der Waals surface area contributed by atoms with Gasteiger partial charge in [0.1, 0.15) is 0 Å². The van der Waals surface area contributed by atoms with Crippen molar-refractivity contribution in [1.29, 1.82) is 0 Å². The number of fused-ring (bicyclic) bond motifs is 1. The van der Waals surface area contributed by atoms with E-state index >= 15 is 0 Å². The van der Waals surface area contributed by atoms with Crippen molar-refractivity contribution in [3.05, 3.63) is 62.8 Å². The highest BCUT2D eigenvalue weighted by molar-refractivity contribution is 7.15. The van der Waals surface area contributed by atoms with Crippen molar-refractivity contribution in [2.45, 2.75) is 32.4 Å². The van der Waals surface area contributed by atoms with E-state index in [1.807, 2.05) is 48.7 Å². The molecule has 1 fully saturated rings. The van der Waals surface area contributed by atoms with Crippen molar-refractivity contribution in [3.63, 3.8) is 0 Å². The van der Waals surface area contributed by atoms with E-state index in [1.54, 1.807) is 27.6 Å². The zero-order valence-corrected chi connectivity index (χ0v) is 19.1. The number of thiazole rings is 1. The van der Waals surface area contributed by atoms with Crippen LogP contribution in [-0.2, 0) is 22.6 Å². The highest BCUT2D eigenvalue weighted by Crippen LogP contribution is 2.43. The van der Waals surface area contributed by atoms with Crippen molar-refractivity contribution < 1.29 is 9.59 Å². The molecule has 1 saturated heterocycles. The van der Waals surface area contributed by atoms with Crippen LogP contribution >= 0.6 is 22.7 Å². The van der Waals surface area contributed by atoms with Crippen LogP contribution in [0.1, 0.15) is 33.5 Å². The van der Waals surface area contributed by atoms with Crippen LogP contribution in [0.4, 0.5) is 10.8 Å². The molecule has 0 spiro atoms. The second-order valence-electron chi connectivity index (χ2n) is 8.24. The molecule has 5 rings (SSSR count). The monoisotopic (exact) mass is 452 g/mol. The molecule has 1 N–H and O–H groups in total. The lowest BCUT2D eigenvalue weighted by Gasteiger charge is -2.27. The maximum Gasteiger partial charge on any atom is 0.232 e. The number of amides is 2. The molecule has 2 aromatic heterocycles. The minimum Gasteiger partial charge on any atom is -0.303 e. The van der Waals surface area contributed by atoms with Crippen LogP contribution in [0.25, 0.3) is 0 Å². The van der Waals surface area contributed by atoms with Gasteiger partial charge in [0.05, 0.1) is 17.7 Å². The Morgan fingerprint density at radius 1 is 1.23 bits per heavy atom. The number of carbonyl (C=O) groups is 2. The van der Waals surface area contributed by atoms with E-state index in [-0.39, 0.29) is 24.3 Å². The number of aryl methyl sites for hydroxylation is 1. The smallest absolute Gasteiger partial charge is 0.232 e. The molecule has 31 heavy (non-hydrogen) atoms. The third-order valence-corrected chi connectivity index (χ3v) is 7.90. The van der Waals surface area contributed by atoms with E-state index in [2.05, 4.69) is 22.2 Å². The average Bonchev–Trinajstić information content (AvgIpc) is 3.46. The van der Waals surface area contributed by atoms with Gasteiger partial charge in [-0.3, -0.25) is 9.59 Å². The van der Waals surface area contributed by atoms with Gasteiger partial charge in [0.15, 0.2) is 5.13 Å². The minimum absolute atomic E-state index is 0.0255. The number of nitrogens with one attached hydrogen (secondary N) is 1. The van der Waals surface area contributed by atoms with Gasteiger partial charge in [-0.25, -0.2) is 4.98 Å². The standard InChI is InChI=1S/C23H24N4O2S2/c1-14-5-7-15(8-6-14)27-20(28)12-16(21(27)18-4-3-11-30-18)22(29)25-23-24-17-9-10-26(2)13-19(17)31-23/h3-8,11,16,21H,9-10,12-13H2,1-2H3,(H,24,25,29)/t16-,21-/m1/s1. The Bertz CT molecular complexity index is 1110. The zero-order valence-electron chi connectivity index (χ0n) is 17.5. The molecular weight excluding hydrogens is 428 g/mol. The van der Waals surface area contributed by atoms with Gasteiger partial charge in [0.25, 0.3) is 0 Å². The van der Waals surface area contributed by atoms with Gasteiger partial charge < -0.3 is 15.1 Å². The lowest BCUT2D eigenvalue weighted by atomic mass is 9.97. The van der Waals surface area contributed by atoms with Crippen molar-refractivity contribution in [3.8, 4) is 0 Å². The molecule has 160 valence electrons. The Hall–Kier alpha value is -2.55. The van der Waals surface area contributed by atoms with Crippen LogP contribution in [-0.4, -0.2) is 35.3 Å². The maximum atomic E-state index is 13.3. The van der Waals surface area contributed by atoms with E-state index in [4.69, 9.17) is 0 Å². The van der Waals surface area contributed by atoms with Crippen molar-refractivity contribution >= 4 is 45.3 Å². The van der Waals surface area contributed by atoms with Crippen LogP contribution < -0.4 is 10.2 Å². The summed E-state index contributed by atoms with van der Waals surface area (Å²) in [4.78, 5) is 37.3. The highest BCUT2D eigenvalue weighted by atomic mass is 32.1. The van der Waals surface area contributed by atoms with Crippen molar-refractivity contribution in [2.24, 2.45) is 5.92 Å². The van der Waals surface area contributed by atoms with Crippen LogP contribution in [0.2, 0.25) is 0 Å². The normalized spacial score (nSPS) is 21.4. The number of benzene rings is 1. The lowest BCUT2D eigenvalue weighted by molar-refractivity contribution is -0.122. The summed E-state index contributed by atoms with van der Waals surface area (Å²) in [6.45, 7) is 3.87. The summed E-state index contributed by atoms with van der Waals surface area (Å²) in [7, 11) is 2.09. The van der Waals surface area contributed by atoms with Gasteiger partial charge in [0, 0.05) is 41.4 Å². The molecule has 8 heteroatoms. The molecule has 1 aromatic carbocycles. The summed E-state index contributed by atoms with van der Waals surface area (Å²) in [6, 6.07) is 11.6. The van der Waals surface area contributed by atoms with E-state index < -0.39 is 5.92 Å². The van der Waals surface area contributed by atoms with E-state index in [0.29, 0.717) is 5.13 Å². The topological polar surface area (TPSA) is 65.5 Å². The van der Waals surface area contributed by atoms with Crippen LogP contribution in [0, 0.1) is 12.8 Å². The molecule has 2 atom stereocenters. The number of thiophene rings is 1. The van der Waals surface area contributed by atoms with Gasteiger partial charge in [-0.15, -0.1) is 22.7 Å². The molecule has 0 saturated carbocycles. The zero-order chi connectivity index (χ0) is 21.5. The number of carbonyl (C=O) groups excluding carboxylic acids is 2. The fraction of sp³-hybridized carbons (Fsp3) is 0.348. The quantitative estimate of drug-likeness (QED) is 0.643. The van der Waals surface area contributed by atoms with Gasteiger partial charge >= 0.3 is 0 Å². The number of hydrogen-bond acceptors (Lipinski definition) is 6. The van der Waals surface area contributed by atoms with Crippen molar-refractivity contribution in [1.82, 2.24) is 9.88 Å². The van der Waals surface area contributed by atoms with E-state index in [1.165, 1.54) is 4.88 Å². The summed E-state index contributed by atoms with van der Waals surface area (Å²) in [6.07, 6.45) is 1.09. The largest absolute Gasteiger partial charge is 0.303 e. The molecule has 3 aromatic rings. The Labute approximate surface area is 189 Å². The first kappa shape index (κ1) is 20.4. The first-order chi connectivity index (χ1) is 15.0. The molecular formula is C23H24N4O2S2. The Balaban J connectivity index is 1.43.